The Hall–Kier alpha value is -1.14. The third-order valence-electron chi connectivity index (χ3n) is 3.72. The summed E-state index contributed by atoms with van der Waals surface area (Å²) < 4.78 is 5.06. The zero-order valence-electron chi connectivity index (χ0n) is 10.7. The summed E-state index contributed by atoms with van der Waals surface area (Å²) in [7, 11) is 0. The maximum Gasteiger partial charge on any atom is 0.328 e. The van der Waals surface area contributed by atoms with Gasteiger partial charge >= 0.3 is 5.97 Å². The van der Waals surface area contributed by atoms with Crippen LogP contribution in [0.25, 0.3) is 0 Å². The summed E-state index contributed by atoms with van der Waals surface area (Å²) in [6.07, 6.45) is 2.92. The van der Waals surface area contributed by atoms with Crippen LogP contribution >= 0.6 is 0 Å². The lowest BCUT2D eigenvalue weighted by molar-refractivity contribution is -0.173. The molecule has 1 amide bonds. The molecule has 2 heterocycles. The molecule has 0 aromatic carbocycles. The summed E-state index contributed by atoms with van der Waals surface area (Å²) in [5.74, 6) is -1.19. The molecule has 2 saturated heterocycles. The van der Waals surface area contributed by atoms with Crippen LogP contribution in [0.1, 0.15) is 26.2 Å². The monoisotopic (exact) mass is 256 g/mol. The van der Waals surface area contributed by atoms with Gasteiger partial charge in [0, 0.05) is 6.54 Å². The van der Waals surface area contributed by atoms with Crippen LogP contribution < -0.4 is 0 Å². The Morgan fingerprint density at radius 1 is 1.50 bits per heavy atom. The Kier molecular flexibility index (Phi) is 4.19. The van der Waals surface area contributed by atoms with E-state index in [-0.39, 0.29) is 25.3 Å². The van der Waals surface area contributed by atoms with Crippen LogP contribution in [0.2, 0.25) is 0 Å². The number of morpholine rings is 1. The summed E-state index contributed by atoms with van der Waals surface area (Å²) >= 11 is 0. The Morgan fingerprint density at radius 2 is 2.28 bits per heavy atom. The van der Waals surface area contributed by atoms with Gasteiger partial charge in [-0.3, -0.25) is 9.69 Å². The minimum atomic E-state index is -0.982. The largest absolute Gasteiger partial charge is 0.480 e. The van der Waals surface area contributed by atoms with Crippen LogP contribution in [0.3, 0.4) is 0 Å². The Labute approximate surface area is 106 Å². The van der Waals surface area contributed by atoms with E-state index in [2.05, 4.69) is 4.90 Å². The minimum absolute atomic E-state index is 0.00215. The molecule has 2 fully saturated rings. The fraction of sp³-hybridized carbons (Fsp3) is 0.833. The fourth-order valence-corrected chi connectivity index (χ4v) is 2.81. The number of rotatable bonds is 3. The van der Waals surface area contributed by atoms with Crippen molar-refractivity contribution < 1.29 is 19.4 Å². The molecule has 2 atom stereocenters. The summed E-state index contributed by atoms with van der Waals surface area (Å²) in [5.41, 5.74) is 0. The standard InChI is InChI=1S/C12H20N2O4/c1-2-13-6-4-3-5-10(13)14-9(12(16)17)7-18-8-11(14)15/h9-10H,2-8H2,1H3,(H,16,17). The van der Waals surface area contributed by atoms with Crippen LogP contribution in [0.15, 0.2) is 0 Å². The molecule has 2 rings (SSSR count). The Balaban J connectivity index is 2.19. The Bertz CT molecular complexity index is 334. The number of hydrogen-bond donors (Lipinski definition) is 1. The van der Waals surface area contributed by atoms with Crippen molar-refractivity contribution in [2.45, 2.75) is 38.4 Å². The fourth-order valence-electron chi connectivity index (χ4n) is 2.81. The number of hydrogen-bond acceptors (Lipinski definition) is 4. The second-order valence-electron chi connectivity index (χ2n) is 4.78. The average Bonchev–Trinajstić information content (AvgIpc) is 2.38. The highest BCUT2D eigenvalue weighted by Gasteiger charge is 2.41. The van der Waals surface area contributed by atoms with E-state index in [9.17, 15) is 14.7 Å². The molecule has 0 aromatic heterocycles. The molecule has 0 spiro atoms. The van der Waals surface area contributed by atoms with Gasteiger partial charge in [-0.25, -0.2) is 4.79 Å². The van der Waals surface area contributed by atoms with Crippen molar-refractivity contribution in [2.24, 2.45) is 0 Å². The smallest absolute Gasteiger partial charge is 0.328 e. The van der Waals surface area contributed by atoms with E-state index in [0.29, 0.717) is 0 Å². The summed E-state index contributed by atoms with van der Waals surface area (Å²) in [6.45, 7) is 3.89. The molecular formula is C12H20N2O4. The first-order valence-corrected chi connectivity index (χ1v) is 6.51. The number of nitrogens with zero attached hydrogens (tertiary/aromatic N) is 2. The molecule has 2 aliphatic heterocycles. The summed E-state index contributed by atoms with van der Waals surface area (Å²) in [6, 6.07) is -0.844. The number of aliphatic carboxylic acids is 1. The maximum atomic E-state index is 12.0. The molecule has 18 heavy (non-hydrogen) atoms. The highest BCUT2D eigenvalue weighted by molar-refractivity contribution is 5.85. The van der Waals surface area contributed by atoms with Crippen LogP contribution in [-0.4, -0.2) is 65.3 Å². The second kappa shape index (κ2) is 5.67. The molecule has 1 N–H and O–H groups in total. The van der Waals surface area contributed by atoms with Gasteiger partial charge in [0.25, 0.3) is 5.91 Å². The van der Waals surface area contributed by atoms with Crippen molar-refractivity contribution >= 4 is 11.9 Å². The molecule has 0 aromatic rings. The molecule has 6 heteroatoms. The third-order valence-corrected chi connectivity index (χ3v) is 3.72. The van der Waals surface area contributed by atoms with Gasteiger partial charge in [-0.15, -0.1) is 0 Å². The van der Waals surface area contributed by atoms with Gasteiger partial charge < -0.3 is 14.7 Å². The molecule has 0 radical (unpaired) electrons. The first-order valence-electron chi connectivity index (χ1n) is 6.51. The Morgan fingerprint density at radius 3 is 2.94 bits per heavy atom. The van der Waals surface area contributed by atoms with Crippen molar-refractivity contribution in [3.8, 4) is 0 Å². The average molecular weight is 256 g/mol. The molecule has 6 nitrogen and oxygen atoms in total. The van der Waals surface area contributed by atoms with Gasteiger partial charge in [-0.05, 0) is 25.8 Å². The molecule has 0 saturated carbocycles. The van der Waals surface area contributed by atoms with E-state index in [1.54, 1.807) is 0 Å². The SMILES string of the molecule is CCN1CCCCC1N1C(=O)COCC1C(=O)O. The van der Waals surface area contributed by atoms with Crippen molar-refractivity contribution in [3.63, 3.8) is 0 Å². The number of carboxylic acids is 1. The van der Waals surface area contributed by atoms with Crippen LogP contribution in [0, 0.1) is 0 Å². The first kappa shape index (κ1) is 13.3. The van der Waals surface area contributed by atoms with Gasteiger partial charge in [-0.2, -0.15) is 0 Å². The topological polar surface area (TPSA) is 70.1 Å². The van der Waals surface area contributed by atoms with E-state index in [1.165, 1.54) is 4.90 Å². The van der Waals surface area contributed by atoms with Gasteiger partial charge in [-0.1, -0.05) is 6.92 Å². The quantitative estimate of drug-likeness (QED) is 0.777. The van der Waals surface area contributed by atoms with Gasteiger partial charge in [0.2, 0.25) is 0 Å². The normalized spacial score (nSPS) is 30.5. The van der Waals surface area contributed by atoms with Crippen molar-refractivity contribution in [3.05, 3.63) is 0 Å². The number of likely N-dealkylation sites (tertiary alicyclic amines) is 1. The van der Waals surface area contributed by atoms with E-state index in [1.807, 2.05) is 6.92 Å². The van der Waals surface area contributed by atoms with Gasteiger partial charge in [0.1, 0.15) is 6.61 Å². The first-order chi connectivity index (χ1) is 8.65. The third kappa shape index (κ3) is 2.49. The van der Waals surface area contributed by atoms with Crippen LogP contribution in [0.4, 0.5) is 0 Å². The van der Waals surface area contributed by atoms with E-state index >= 15 is 0 Å². The van der Waals surface area contributed by atoms with E-state index in [0.717, 1.165) is 32.4 Å². The van der Waals surface area contributed by atoms with Gasteiger partial charge in [0.05, 0.1) is 12.8 Å². The van der Waals surface area contributed by atoms with Crippen LogP contribution in [0.5, 0.6) is 0 Å². The molecular weight excluding hydrogens is 236 g/mol. The lowest BCUT2D eigenvalue weighted by Crippen LogP contribution is -2.62. The highest BCUT2D eigenvalue weighted by atomic mass is 16.5. The number of amides is 1. The predicted octanol–water partition coefficient (Wildman–Crippen LogP) is 0.130. The number of ether oxygens (including phenoxy) is 1. The highest BCUT2D eigenvalue weighted by Crippen LogP contribution is 2.24. The zero-order valence-corrected chi connectivity index (χ0v) is 10.7. The predicted molar refractivity (Wildman–Crippen MR) is 64.0 cm³/mol. The maximum absolute atomic E-state index is 12.0. The second-order valence-corrected chi connectivity index (χ2v) is 4.78. The van der Waals surface area contributed by atoms with E-state index in [4.69, 9.17) is 4.74 Å². The van der Waals surface area contributed by atoms with Gasteiger partial charge in [0.15, 0.2) is 6.04 Å². The number of piperidine rings is 1. The van der Waals surface area contributed by atoms with E-state index < -0.39 is 12.0 Å². The molecule has 102 valence electrons. The number of carbonyl (C=O) groups is 2. The van der Waals surface area contributed by atoms with Crippen molar-refractivity contribution in [1.82, 2.24) is 9.80 Å². The molecule has 0 bridgehead atoms. The molecule has 2 aliphatic rings. The lowest BCUT2D eigenvalue weighted by atomic mass is 10.0. The number of carboxylic acid groups (broad SMARTS) is 1. The zero-order chi connectivity index (χ0) is 13.1. The number of carbonyl (C=O) groups excluding carboxylic acids is 1. The minimum Gasteiger partial charge on any atom is -0.480 e. The van der Waals surface area contributed by atoms with Crippen molar-refractivity contribution in [1.29, 1.82) is 0 Å². The van der Waals surface area contributed by atoms with Crippen molar-refractivity contribution in [2.75, 3.05) is 26.3 Å². The summed E-state index contributed by atoms with van der Waals surface area (Å²) in [5, 5.41) is 9.22. The molecule has 2 unspecified atom stereocenters. The molecule has 0 aliphatic carbocycles. The van der Waals surface area contributed by atoms with Crippen LogP contribution in [-0.2, 0) is 14.3 Å². The summed E-state index contributed by atoms with van der Waals surface area (Å²) in [4.78, 5) is 26.9. The lowest BCUT2D eigenvalue weighted by Gasteiger charge is -2.45.